The van der Waals surface area contributed by atoms with E-state index in [1.54, 1.807) is 17.7 Å². The average Bonchev–Trinajstić information content (AvgIpc) is 3.56. The summed E-state index contributed by atoms with van der Waals surface area (Å²) in [4.78, 5) is 28.8. The van der Waals surface area contributed by atoms with Crippen LogP contribution in [-0.4, -0.2) is 78.6 Å². The Bertz CT molecular complexity index is 1400. The summed E-state index contributed by atoms with van der Waals surface area (Å²) in [6.45, 7) is 14.2. The van der Waals surface area contributed by atoms with Gasteiger partial charge in [-0.15, -0.1) is 11.3 Å². The minimum absolute atomic E-state index is 0.221. The number of hydrogen-bond donors (Lipinski definition) is 2. The number of aromatic nitrogens is 2. The van der Waals surface area contributed by atoms with E-state index < -0.39 is 0 Å². The predicted octanol–water partition coefficient (Wildman–Crippen LogP) is 5.46. The van der Waals surface area contributed by atoms with Gasteiger partial charge in [-0.3, -0.25) is 4.79 Å². The molecular formula is C32H44N6O2S. The fourth-order valence-electron chi connectivity index (χ4n) is 6.24. The highest BCUT2D eigenvalue weighted by molar-refractivity contribution is 7.19. The molecule has 1 aromatic carbocycles. The number of anilines is 2. The van der Waals surface area contributed by atoms with Gasteiger partial charge >= 0.3 is 0 Å². The summed E-state index contributed by atoms with van der Waals surface area (Å²) in [7, 11) is 4.20. The minimum Gasteiger partial charge on any atom is -0.492 e. The average molecular weight is 577 g/mol. The van der Waals surface area contributed by atoms with Gasteiger partial charge in [0.1, 0.15) is 22.7 Å². The van der Waals surface area contributed by atoms with Gasteiger partial charge in [-0.1, -0.05) is 26.5 Å². The first-order valence-electron chi connectivity index (χ1n) is 14.9. The Labute approximate surface area is 248 Å². The third-order valence-electron chi connectivity index (χ3n) is 8.23. The zero-order valence-corrected chi connectivity index (χ0v) is 25.9. The highest BCUT2D eigenvalue weighted by Gasteiger charge is 2.29. The SMILES string of the molecule is C=Cc1cc(Nc2ncnc3sc4c(c23)CCC(NCC(=O)N2CCC(CN(C)C)C2)C4)c(OCC)cc1C(C)C. The first-order chi connectivity index (χ1) is 19.8. The summed E-state index contributed by atoms with van der Waals surface area (Å²) in [6, 6.07) is 4.52. The van der Waals surface area contributed by atoms with Crippen molar-refractivity contribution in [3.05, 3.63) is 46.6 Å². The molecule has 2 atom stereocenters. The normalized spacial score (nSPS) is 18.8. The highest BCUT2D eigenvalue weighted by Crippen LogP contribution is 2.41. The summed E-state index contributed by atoms with van der Waals surface area (Å²) in [5.41, 5.74) is 4.51. The van der Waals surface area contributed by atoms with Crippen LogP contribution < -0.4 is 15.4 Å². The Morgan fingerprint density at radius 1 is 1.29 bits per heavy atom. The topological polar surface area (TPSA) is 82.6 Å². The number of benzene rings is 1. The molecule has 2 unspecified atom stereocenters. The van der Waals surface area contributed by atoms with E-state index in [9.17, 15) is 4.79 Å². The lowest BCUT2D eigenvalue weighted by Gasteiger charge is -2.25. The van der Waals surface area contributed by atoms with Crippen molar-refractivity contribution in [2.24, 2.45) is 5.92 Å². The molecule has 0 radical (unpaired) electrons. The number of aryl methyl sites for hydroxylation is 1. The Morgan fingerprint density at radius 2 is 2.12 bits per heavy atom. The second-order valence-electron chi connectivity index (χ2n) is 11.9. The monoisotopic (exact) mass is 576 g/mol. The van der Waals surface area contributed by atoms with Crippen LogP contribution in [0.1, 0.15) is 61.1 Å². The van der Waals surface area contributed by atoms with Gasteiger partial charge in [0.05, 0.1) is 24.2 Å². The second kappa shape index (κ2) is 12.9. The molecule has 220 valence electrons. The molecule has 1 fully saturated rings. The van der Waals surface area contributed by atoms with Gasteiger partial charge in [-0.25, -0.2) is 9.97 Å². The molecule has 2 aromatic heterocycles. The molecule has 3 aromatic rings. The van der Waals surface area contributed by atoms with Crippen molar-refractivity contribution in [1.29, 1.82) is 0 Å². The van der Waals surface area contributed by atoms with Crippen molar-refractivity contribution >= 4 is 45.0 Å². The Kier molecular flexibility index (Phi) is 9.26. The lowest BCUT2D eigenvalue weighted by atomic mass is 9.92. The fourth-order valence-corrected chi connectivity index (χ4v) is 7.50. The summed E-state index contributed by atoms with van der Waals surface area (Å²) in [5, 5.41) is 8.26. The number of hydrogen-bond acceptors (Lipinski definition) is 8. The molecule has 0 saturated carbocycles. The number of nitrogens with one attached hydrogen (secondary N) is 2. The van der Waals surface area contributed by atoms with Crippen LogP contribution in [0.25, 0.3) is 16.3 Å². The number of amides is 1. The van der Waals surface area contributed by atoms with Crippen molar-refractivity contribution < 1.29 is 9.53 Å². The maximum Gasteiger partial charge on any atom is 0.236 e. The van der Waals surface area contributed by atoms with Crippen LogP contribution in [0.4, 0.5) is 11.5 Å². The van der Waals surface area contributed by atoms with Crippen LogP contribution in [0.15, 0.2) is 25.0 Å². The van der Waals surface area contributed by atoms with Crippen LogP contribution in [0.2, 0.25) is 0 Å². The molecule has 5 rings (SSSR count). The van der Waals surface area contributed by atoms with Gasteiger partial charge in [0, 0.05) is 30.6 Å². The van der Waals surface area contributed by atoms with E-state index in [1.807, 2.05) is 17.9 Å². The number of ether oxygens (including phenoxy) is 1. The number of rotatable bonds is 11. The maximum absolute atomic E-state index is 12.9. The van der Waals surface area contributed by atoms with E-state index in [-0.39, 0.29) is 11.9 Å². The van der Waals surface area contributed by atoms with Gasteiger partial charge in [0.15, 0.2) is 0 Å². The van der Waals surface area contributed by atoms with Crippen LogP contribution in [0, 0.1) is 5.92 Å². The molecular weight excluding hydrogens is 532 g/mol. The quantitative estimate of drug-likeness (QED) is 0.314. The first kappa shape index (κ1) is 29.5. The van der Waals surface area contributed by atoms with E-state index in [0.717, 1.165) is 78.4 Å². The zero-order valence-electron chi connectivity index (χ0n) is 25.1. The molecule has 3 heterocycles. The molecule has 0 spiro atoms. The molecule has 0 bridgehead atoms. The maximum atomic E-state index is 12.9. The highest BCUT2D eigenvalue weighted by atomic mass is 32.1. The molecule has 1 aliphatic carbocycles. The van der Waals surface area contributed by atoms with Crippen molar-refractivity contribution in [3.8, 4) is 5.75 Å². The Morgan fingerprint density at radius 3 is 2.85 bits per heavy atom. The summed E-state index contributed by atoms with van der Waals surface area (Å²) in [5.74, 6) is 2.78. The largest absolute Gasteiger partial charge is 0.492 e. The predicted molar refractivity (Wildman–Crippen MR) is 170 cm³/mol. The molecule has 2 aliphatic rings. The Balaban J connectivity index is 1.30. The lowest BCUT2D eigenvalue weighted by molar-refractivity contribution is -0.129. The number of likely N-dealkylation sites (tertiary alicyclic amines) is 1. The number of carbonyl (C=O) groups excluding carboxylic acids is 1. The summed E-state index contributed by atoms with van der Waals surface area (Å²) >= 11 is 1.74. The van der Waals surface area contributed by atoms with E-state index in [1.165, 1.54) is 16.0 Å². The number of nitrogens with zero attached hydrogens (tertiary/aromatic N) is 4. The number of fused-ring (bicyclic) bond motifs is 3. The van der Waals surface area contributed by atoms with Crippen molar-refractivity contribution in [2.45, 2.75) is 58.4 Å². The van der Waals surface area contributed by atoms with E-state index in [2.05, 4.69) is 72.2 Å². The van der Waals surface area contributed by atoms with E-state index >= 15 is 0 Å². The van der Waals surface area contributed by atoms with Gasteiger partial charge in [-0.05, 0) is 87.4 Å². The fraction of sp³-hybridized carbons (Fsp3) is 0.531. The van der Waals surface area contributed by atoms with Crippen molar-refractivity contribution in [2.75, 3.05) is 52.2 Å². The smallest absolute Gasteiger partial charge is 0.236 e. The first-order valence-corrected chi connectivity index (χ1v) is 15.7. The molecule has 2 N–H and O–H groups in total. The molecule has 1 saturated heterocycles. The molecule has 1 amide bonds. The minimum atomic E-state index is 0.221. The number of carbonyl (C=O) groups is 1. The van der Waals surface area contributed by atoms with Crippen LogP contribution in [0.3, 0.4) is 0 Å². The van der Waals surface area contributed by atoms with Gasteiger partial charge in [0.2, 0.25) is 5.91 Å². The second-order valence-corrected chi connectivity index (χ2v) is 13.0. The zero-order chi connectivity index (χ0) is 29.1. The van der Waals surface area contributed by atoms with Gasteiger partial charge in [-0.2, -0.15) is 0 Å². The van der Waals surface area contributed by atoms with Crippen molar-refractivity contribution in [1.82, 2.24) is 25.1 Å². The summed E-state index contributed by atoms with van der Waals surface area (Å²) in [6.07, 6.45) is 7.46. The summed E-state index contributed by atoms with van der Waals surface area (Å²) < 4.78 is 6.05. The molecule has 1 aliphatic heterocycles. The Hall–Kier alpha value is -3.01. The third kappa shape index (κ3) is 6.58. The van der Waals surface area contributed by atoms with Crippen molar-refractivity contribution in [3.63, 3.8) is 0 Å². The molecule has 9 heteroatoms. The van der Waals surface area contributed by atoms with E-state index in [4.69, 9.17) is 4.74 Å². The standard InChI is InChI=1S/C32H44N6O2S/c1-7-22-13-26(27(40-8-2)15-25(22)20(3)4)36-31-30-24-10-9-23(14-28(24)41-32(30)35-19-34-31)33-16-29(39)38-12-11-21(18-38)17-37(5)6/h7,13,15,19-21,23,33H,1,8-12,14,16-18H2,2-6H3,(H,34,35,36). The number of thiophene rings is 1. The van der Waals surface area contributed by atoms with Gasteiger partial charge < -0.3 is 25.2 Å². The third-order valence-corrected chi connectivity index (χ3v) is 9.39. The molecule has 8 nitrogen and oxygen atoms in total. The van der Waals surface area contributed by atoms with Crippen LogP contribution in [0.5, 0.6) is 5.75 Å². The van der Waals surface area contributed by atoms with Crippen LogP contribution in [-0.2, 0) is 17.6 Å². The molecule has 41 heavy (non-hydrogen) atoms. The lowest BCUT2D eigenvalue weighted by Crippen LogP contribution is -2.42. The van der Waals surface area contributed by atoms with Crippen LogP contribution >= 0.6 is 11.3 Å². The van der Waals surface area contributed by atoms with E-state index in [0.29, 0.717) is 25.0 Å². The van der Waals surface area contributed by atoms with Gasteiger partial charge in [0.25, 0.3) is 0 Å².